The van der Waals surface area contributed by atoms with Gasteiger partial charge < -0.3 is 5.32 Å². The Bertz CT molecular complexity index is 758. The van der Waals surface area contributed by atoms with E-state index in [4.69, 9.17) is 4.99 Å². The molecule has 2 aromatic carbocycles. The first-order valence-corrected chi connectivity index (χ1v) is 8.74. The van der Waals surface area contributed by atoms with Crippen LogP contribution in [0.25, 0.3) is 0 Å². The molecule has 0 radical (unpaired) electrons. The minimum absolute atomic E-state index is 0.146. The van der Waals surface area contributed by atoms with Crippen LogP contribution in [0.2, 0.25) is 0 Å². The predicted octanol–water partition coefficient (Wildman–Crippen LogP) is 5.50. The molecule has 1 spiro atoms. The van der Waals surface area contributed by atoms with Crippen LogP contribution in [0.4, 0.5) is 11.4 Å². The molecular formula is C20H22N4. The average Bonchev–Trinajstić information content (AvgIpc) is 2.64. The van der Waals surface area contributed by atoms with Crippen LogP contribution in [0.15, 0.2) is 69.8 Å². The molecule has 1 aliphatic heterocycles. The van der Waals surface area contributed by atoms with Gasteiger partial charge in [-0.05, 0) is 30.5 Å². The number of rotatable bonds is 2. The summed E-state index contributed by atoms with van der Waals surface area (Å²) in [5.74, 6) is 0.844. The quantitative estimate of drug-likeness (QED) is 0.730. The van der Waals surface area contributed by atoms with Crippen molar-refractivity contribution in [3.05, 3.63) is 60.2 Å². The van der Waals surface area contributed by atoms with Crippen molar-refractivity contribution in [1.82, 2.24) is 0 Å². The van der Waals surface area contributed by atoms with Crippen molar-refractivity contribution in [3.63, 3.8) is 0 Å². The molecule has 0 unspecified atom stereocenters. The molecular weight excluding hydrogens is 296 g/mol. The smallest absolute Gasteiger partial charge is 0.176 e. The number of nitrogens with one attached hydrogen (secondary N) is 1. The van der Waals surface area contributed by atoms with Crippen LogP contribution in [0, 0.1) is 0 Å². The largest absolute Gasteiger partial charge is 0.371 e. The molecule has 4 nitrogen and oxygen atoms in total. The Morgan fingerprint density at radius 3 is 2.50 bits per heavy atom. The van der Waals surface area contributed by atoms with E-state index in [9.17, 15) is 0 Å². The number of fused-ring (bicyclic) bond motifs is 1. The van der Waals surface area contributed by atoms with E-state index >= 15 is 0 Å². The predicted molar refractivity (Wildman–Crippen MR) is 98.0 cm³/mol. The topological polar surface area (TPSA) is 49.1 Å². The maximum absolute atomic E-state index is 4.85. The minimum Gasteiger partial charge on any atom is -0.371 e. The van der Waals surface area contributed by atoms with Gasteiger partial charge in [0.15, 0.2) is 5.84 Å². The molecule has 24 heavy (non-hydrogen) atoms. The van der Waals surface area contributed by atoms with Gasteiger partial charge in [0.2, 0.25) is 0 Å². The number of benzene rings is 2. The van der Waals surface area contributed by atoms with Crippen LogP contribution in [0.1, 0.15) is 37.7 Å². The molecule has 1 heterocycles. The Morgan fingerprint density at radius 1 is 0.917 bits per heavy atom. The van der Waals surface area contributed by atoms with Crippen molar-refractivity contribution < 1.29 is 0 Å². The van der Waals surface area contributed by atoms with Crippen LogP contribution < -0.4 is 5.32 Å². The van der Waals surface area contributed by atoms with E-state index in [0.717, 1.165) is 30.1 Å². The fourth-order valence-corrected chi connectivity index (χ4v) is 3.60. The van der Waals surface area contributed by atoms with Crippen LogP contribution in [0.5, 0.6) is 0 Å². The van der Waals surface area contributed by atoms with Crippen molar-refractivity contribution in [2.24, 2.45) is 15.2 Å². The Hall–Kier alpha value is -2.49. The molecule has 4 heteroatoms. The standard InChI is InChI=1S/C20H22N4/c1-3-9-16(10-4-1)15-21-24-19-20(13-7-2-8-14-20)23-18-12-6-5-11-17(18)22-19/h1,3-6,9-12,23H,2,7-8,13-15H2. The summed E-state index contributed by atoms with van der Waals surface area (Å²) in [7, 11) is 0. The van der Waals surface area contributed by atoms with Crippen LogP contribution in [-0.4, -0.2) is 11.4 Å². The number of hydrogen-bond acceptors (Lipinski definition) is 4. The van der Waals surface area contributed by atoms with Crippen LogP contribution in [0.3, 0.4) is 0 Å². The number of para-hydroxylation sites is 2. The number of hydrogen-bond donors (Lipinski definition) is 1. The Kier molecular flexibility index (Phi) is 4.11. The normalized spacial score (nSPS) is 18.9. The fraction of sp³-hybridized carbons (Fsp3) is 0.350. The molecule has 0 amide bonds. The van der Waals surface area contributed by atoms with Crippen molar-refractivity contribution in [1.29, 1.82) is 0 Å². The molecule has 4 rings (SSSR count). The van der Waals surface area contributed by atoms with Gasteiger partial charge >= 0.3 is 0 Å². The van der Waals surface area contributed by atoms with E-state index in [1.807, 2.05) is 30.3 Å². The van der Waals surface area contributed by atoms with E-state index in [0.29, 0.717) is 6.54 Å². The number of nitrogens with zero attached hydrogens (tertiary/aromatic N) is 3. The van der Waals surface area contributed by atoms with E-state index in [-0.39, 0.29) is 5.54 Å². The third kappa shape index (κ3) is 2.96. The lowest BCUT2D eigenvalue weighted by Crippen LogP contribution is -2.48. The first-order valence-electron chi connectivity index (χ1n) is 8.74. The monoisotopic (exact) mass is 318 g/mol. The zero-order valence-electron chi connectivity index (χ0n) is 13.8. The average molecular weight is 318 g/mol. The molecule has 1 saturated carbocycles. The highest BCUT2D eigenvalue weighted by Crippen LogP contribution is 2.41. The zero-order valence-corrected chi connectivity index (χ0v) is 13.8. The molecule has 0 atom stereocenters. The van der Waals surface area contributed by atoms with Gasteiger partial charge in [-0.25, -0.2) is 4.99 Å². The Labute approximate surface area is 142 Å². The summed E-state index contributed by atoms with van der Waals surface area (Å²) in [6.07, 6.45) is 5.86. The molecule has 1 N–H and O–H groups in total. The maximum Gasteiger partial charge on any atom is 0.176 e. The first-order chi connectivity index (χ1) is 11.9. The summed E-state index contributed by atoms with van der Waals surface area (Å²) in [5.41, 5.74) is 3.10. The number of amidine groups is 1. The first kappa shape index (κ1) is 15.1. The Morgan fingerprint density at radius 2 is 1.67 bits per heavy atom. The van der Waals surface area contributed by atoms with Crippen LogP contribution in [-0.2, 0) is 6.54 Å². The van der Waals surface area contributed by atoms with Gasteiger partial charge in [0.05, 0.1) is 23.5 Å². The molecule has 122 valence electrons. The minimum atomic E-state index is -0.146. The third-order valence-corrected chi connectivity index (χ3v) is 4.90. The van der Waals surface area contributed by atoms with Gasteiger partial charge in [-0.2, -0.15) is 5.11 Å². The van der Waals surface area contributed by atoms with Gasteiger partial charge in [-0.3, -0.25) is 0 Å². The zero-order chi connectivity index (χ0) is 16.2. The van der Waals surface area contributed by atoms with E-state index in [1.54, 1.807) is 0 Å². The molecule has 2 aliphatic rings. The summed E-state index contributed by atoms with van der Waals surface area (Å²) in [4.78, 5) is 4.85. The summed E-state index contributed by atoms with van der Waals surface area (Å²) in [5, 5.41) is 12.7. The van der Waals surface area contributed by atoms with E-state index < -0.39 is 0 Å². The summed E-state index contributed by atoms with van der Waals surface area (Å²) in [6.45, 7) is 0.595. The second-order valence-electron chi connectivity index (χ2n) is 6.61. The fourth-order valence-electron chi connectivity index (χ4n) is 3.60. The third-order valence-electron chi connectivity index (χ3n) is 4.90. The SMILES string of the molecule is c1ccc(CN=NC2=Nc3ccccc3NC23CCCCC3)cc1. The molecule has 2 aromatic rings. The van der Waals surface area contributed by atoms with Crippen molar-refractivity contribution in [2.45, 2.75) is 44.2 Å². The van der Waals surface area contributed by atoms with Gasteiger partial charge in [0.25, 0.3) is 0 Å². The highest BCUT2D eigenvalue weighted by atomic mass is 15.2. The molecule has 0 bridgehead atoms. The second-order valence-corrected chi connectivity index (χ2v) is 6.61. The van der Waals surface area contributed by atoms with Crippen LogP contribution >= 0.6 is 0 Å². The van der Waals surface area contributed by atoms with E-state index in [1.165, 1.54) is 24.8 Å². The van der Waals surface area contributed by atoms with E-state index in [2.05, 4.69) is 39.8 Å². The Balaban J connectivity index is 1.63. The lowest BCUT2D eigenvalue weighted by atomic mass is 9.79. The van der Waals surface area contributed by atoms with Gasteiger partial charge in [-0.15, -0.1) is 5.11 Å². The van der Waals surface area contributed by atoms with Gasteiger partial charge in [0, 0.05) is 0 Å². The van der Waals surface area contributed by atoms with Crippen molar-refractivity contribution in [2.75, 3.05) is 5.32 Å². The molecule has 0 saturated heterocycles. The number of azo groups is 1. The lowest BCUT2D eigenvalue weighted by Gasteiger charge is -2.40. The van der Waals surface area contributed by atoms with Crippen molar-refractivity contribution in [3.8, 4) is 0 Å². The molecule has 1 fully saturated rings. The summed E-state index contributed by atoms with van der Waals surface area (Å²) in [6, 6.07) is 18.4. The van der Waals surface area contributed by atoms with Gasteiger partial charge in [0.1, 0.15) is 0 Å². The van der Waals surface area contributed by atoms with Gasteiger partial charge in [-0.1, -0.05) is 61.7 Å². The highest BCUT2D eigenvalue weighted by Gasteiger charge is 2.40. The lowest BCUT2D eigenvalue weighted by molar-refractivity contribution is 0.401. The maximum atomic E-state index is 4.85. The van der Waals surface area contributed by atoms with Crippen molar-refractivity contribution >= 4 is 17.2 Å². The molecule has 1 aliphatic carbocycles. The molecule has 0 aromatic heterocycles. The number of aliphatic imine (C=N–C) groups is 1. The summed E-state index contributed by atoms with van der Waals surface area (Å²) >= 11 is 0. The summed E-state index contributed by atoms with van der Waals surface area (Å²) < 4.78 is 0. The number of anilines is 1. The second kappa shape index (κ2) is 6.56. The highest BCUT2D eigenvalue weighted by molar-refractivity contribution is 6.00.